The zero-order valence-electron chi connectivity index (χ0n) is 17.2. The van der Waals surface area contributed by atoms with Crippen LogP contribution in [0.25, 0.3) is 0 Å². The molecule has 0 unspecified atom stereocenters. The fourth-order valence-electron chi connectivity index (χ4n) is 7.72. The van der Waals surface area contributed by atoms with Crippen LogP contribution in [0.4, 0.5) is 0 Å². The SMILES string of the molecule is CC(=O)O[C@@]1(C)CC[C@H]2[C@@H]3CCC4=C(C)[C@@H](O)CC[C@]4(C=O)[C@H]3CC[C@@]21C. The summed E-state index contributed by atoms with van der Waals surface area (Å²) in [5, 5.41) is 10.3. The number of carbonyl (C=O) groups excluding carboxylic acids is 2. The van der Waals surface area contributed by atoms with E-state index in [2.05, 4.69) is 13.8 Å². The number of aliphatic hydroxyl groups excluding tert-OH is 1. The van der Waals surface area contributed by atoms with E-state index in [1.165, 1.54) is 18.8 Å². The van der Waals surface area contributed by atoms with Crippen molar-refractivity contribution >= 4 is 12.3 Å². The minimum absolute atomic E-state index is 0.00560. The lowest BCUT2D eigenvalue weighted by Crippen LogP contribution is -2.56. The lowest BCUT2D eigenvalue weighted by molar-refractivity contribution is -0.178. The van der Waals surface area contributed by atoms with E-state index >= 15 is 0 Å². The number of allylic oxidation sites excluding steroid dienone is 1. The van der Waals surface area contributed by atoms with Gasteiger partial charge in [-0.15, -0.1) is 0 Å². The van der Waals surface area contributed by atoms with Gasteiger partial charge in [-0.25, -0.2) is 0 Å². The Morgan fingerprint density at radius 1 is 1.11 bits per heavy atom. The molecule has 1 N–H and O–H groups in total. The first-order chi connectivity index (χ1) is 12.7. The maximum Gasteiger partial charge on any atom is 0.303 e. The van der Waals surface area contributed by atoms with E-state index < -0.39 is 5.60 Å². The van der Waals surface area contributed by atoms with Gasteiger partial charge in [-0.2, -0.15) is 0 Å². The number of aliphatic hydroxyl groups is 1. The number of carbonyl (C=O) groups is 2. The number of ether oxygens (including phenoxy) is 1. The van der Waals surface area contributed by atoms with Crippen molar-refractivity contribution in [3.63, 3.8) is 0 Å². The number of aldehydes is 1. The van der Waals surface area contributed by atoms with Gasteiger partial charge < -0.3 is 14.6 Å². The van der Waals surface area contributed by atoms with Crippen LogP contribution in [0.5, 0.6) is 0 Å². The van der Waals surface area contributed by atoms with E-state index in [0.29, 0.717) is 24.2 Å². The molecule has 4 rings (SSSR count). The molecule has 3 fully saturated rings. The van der Waals surface area contributed by atoms with Crippen LogP contribution in [-0.2, 0) is 14.3 Å². The van der Waals surface area contributed by atoms with Crippen molar-refractivity contribution in [3.8, 4) is 0 Å². The van der Waals surface area contributed by atoms with Crippen LogP contribution in [0.3, 0.4) is 0 Å². The summed E-state index contributed by atoms with van der Waals surface area (Å²) in [4.78, 5) is 24.2. The first-order valence-corrected chi connectivity index (χ1v) is 10.7. The topological polar surface area (TPSA) is 63.6 Å². The Morgan fingerprint density at radius 3 is 2.48 bits per heavy atom. The van der Waals surface area contributed by atoms with Gasteiger partial charge in [0.15, 0.2) is 0 Å². The third-order valence-electron chi connectivity index (χ3n) is 9.30. The van der Waals surface area contributed by atoms with Crippen LogP contribution in [-0.4, -0.2) is 29.1 Å². The van der Waals surface area contributed by atoms with E-state index in [1.807, 2.05) is 6.92 Å². The fraction of sp³-hybridized carbons (Fsp3) is 0.826. The van der Waals surface area contributed by atoms with Crippen molar-refractivity contribution < 1.29 is 19.4 Å². The van der Waals surface area contributed by atoms with E-state index in [9.17, 15) is 14.7 Å². The molecule has 7 atom stereocenters. The molecule has 4 aliphatic rings. The first kappa shape index (κ1) is 19.2. The van der Waals surface area contributed by atoms with Gasteiger partial charge in [-0.05, 0) is 88.5 Å². The summed E-state index contributed by atoms with van der Waals surface area (Å²) >= 11 is 0. The van der Waals surface area contributed by atoms with Gasteiger partial charge >= 0.3 is 5.97 Å². The van der Waals surface area contributed by atoms with Gasteiger partial charge in [-0.1, -0.05) is 12.5 Å². The summed E-state index contributed by atoms with van der Waals surface area (Å²) in [5.41, 5.74) is 1.53. The van der Waals surface area contributed by atoms with Gasteiger partial charge in [0.25, 0.3) is 0 Å². The summed E-state index contributed by atoms with van der Waals surface area (Å²) in [6, 6.07) is 0. The third kappa shape index (κ3) is 2.44. The van der Waals surface area contributed by atoms with Gasteiger partial charge in [0.1, 0.15) is 11.9 Å². The second-order valence-electron chi connectivity index (χ2n) is 10.1. The Bertz CT molecular complexity index is 696. The van der Waals surface area contributed by atoms with E-state index in [0.717, 1.165) is 50.5 Å². The Balaban J connectivity index is 1.71. The van der Waals surface area contributed by atoms with Gasteiger partial charge in [0.05, 0.1) is 11.5 Å². The number of rotatable bonds is 2. The van der Waals surface area contributed by atoms with Gasteiger partial charge in [0.2, 0.25) is 0 Å². The molecule has 0 spiro atoms. The molecular weight excluding hydrogens is 340 g/mol. The maximum absolute atomic E-state index is 12.5. The van der Waals surface area contributed by atoms with Crippen molar-refractivity contribution in [1.82, 2.24) is 0 Å². The van der Waals surface area contributed by atoms with Crippen LogP contribution in [0, 0.1) is 28.6 Å². The number of fused-ring (bicyclic) bond motifs is 5. The summed E-state index contributed by atoms with van der Waals surface area (Å²) in [6.45, 7) is 7.99. The normalized spacial score (nSPS) is 49.1. The van der Waals surface area contributed by atoms with Crippen molar-refractivity contribution in [2.24, 2.45) is 28.6 Å². The highest BCUT2D eigenvalue weighted by Gasteiger charge is 2.65. The molecule has 4 aliphatic carbocycles. The average Bonchev–Trinajstić information content (AvgIpc) is 2.88. The zero-order valence-corrected chi connectivity index (χ0v) is 17.2. The fourth-order valence-corrected chi connectivity index (χ4v) is 7.72. The van der Waals surface area contributed by atoms with Gasteiger partial charge in [-0.3, -0.25) is 4.79 Å². The number of esters is 1. The molecule has 0 amide bonds. The smallest absolute Gasteiger partial charge is 0.303 e. The van der Waals surface area contributed by atoms with E-state index in [4.69, 9.17) is 4.74 Å². The summed E-state index contributed by atoms with van der Waals surface area (Å²) in [7, 11) is 0. The average molecular weight is 375 g/mol. The number of hydrogen-bond donors (Lipinski definition) is 1. The molecule has 4 heteroatoms. The predicted octanol–water partition coefficient (Wildman–Crippen LogP) is 4.20. The second-order valence-corrected chi connectivity index (χ2v) is 10.1. The highest BCUT2D eigenvalue weighted by Crippen LogP contribution is 2.68. The Morgan fingerprint density at radius 2 is 1.81 bits per heavy atom. The van der Waals surface area contributed by atoms with Crippen LogP contribution in [0.2, 0.25) is 0 Å². The van der Waals surface area contributed by atoms with Crippen molar-refractivity contribution in [1.29, 1.82) is 0 Å². The quantitative estimate of drug-likeness (QED) is 0.447. The van der Waals surface area contributed by atoms with Crippen molar-refractivity contribution in [2.75, 3.05) is 0 Å². The molecule has 0 aromatic rings. The van der Waals surface area contributed by atoms with E-state index in [1.54, 1.807) is 0 Å². The Labute approximate surface area is 162 Å². The molecule has 0 aliphatic heterocycles. The lowest BCUT2D eigenvalue weighted by atomic mass is 9.46. The summed E-state index contributed by atoms with van der Waals surface area (Å²) in [5.74, 6) is 1.21. The van der Waals surface area contributed by atoms with Crippen molar-refractivity contribution in [2.45, 2.75) is 90.8 Å². The molecule has 0 bridgehead atoms. The maximum atomic E-state index is 12.5. The lowest BCUT2D eigenvalue weighted by Gasteiger charge is -2.59. The molecular formula is C23H34O4. The molecule has 27 heavy (non-hydrogen) atoms. The van der Waals surface area contributed by atoms with Crippen LogP contribution < -0.4 is 0 Å². The zero-order chi connectivity index (χ0) is 19.6. The van der Waals surface area contributed by atoms with Crippen LogP contribution in [0.15, 0.2) is 11.1 Å². The summed E-state index contributed by atoms with van der Waals surface area (Å²) < 4.78 is 5.89. The molecule has 0 heterocycles. The highest BCUT2D eigenvalue weighted by molar-refractivity contribution is 5.68. The predicted molar refractivity (Wildman–Crippen MR) is 103 cm³/mol. The van der Waals surface area contributed by atoms with E-state index in [-0.39, 0.29) is 22.9 Å². The Hall–Kier alpha value is -1.16. The number of hydrogen-bond acceptors (Lipinski definition) is 4. The first-order valence-electron chi connectivity index (χ1n) is 10.7. The third-order valence-corrected chi connectivity index (χ3v) is 9.30. The summed E-state index contributed by atoms with van der Waals surface area (Å²) in [6.07, 6.45) is 8.39. The Kier molecular flexibility index (Phi) is 4.38. The second kappa shape index (κ2) is 6.17. The largest absolute Gasteiger partial charge is 0.459 e. The standard InChI is InChI=1S/C23H34O4/c1-14-17-6-5-16-18-8-11-22(4,27-15(2)25)21(18,3)10-7-19(16)23(17,13-24)12-9-20(14)26/h13,16,18-20,26H,5-12H2,1-4H3/t16-,18-,19-,20-,21-,22-,23+/m0/s1. The molecule has 0 aromatic heterocycles. The minimum atomic E-state index is -0.391. The van der Waals surface area contributed by atoms with Crippen LogP contribution in [0.1, 0.15) is 79.1 Å². The van der Waals surface area contributed by atoms with Gasteiger partial charge in [0, 0.05) is 12.3 Å². The highest BCUT2D eigenvalue weighted by atomic mass is 16.6. The molecule has 0 saturated heterocycles. The molecule has 3 saturated carbocycles. The molecule has 0 aromatic carbocycles. The minimum Gasteiger partial charge on any atom is -0.459 e. The monoisotopic (exact) mass is 374 g/mol. The molecule has 0 radical (unpaired) electrons. The van der Waals surface area contributed by atoms with Crippen molar-refractivity contribution in [3.05, 3.63) is 11.1 Å². The molecule has 150 valence electrons. The van der Waals surface area contributed by atoms with Crippen LogP contribution >= 0.6 is 0 Å². The molecule has 4 nitrogen and oxygen atoms in total.